The van der Waals surface area contributed by atoms with Crippen LogP contribution in [0.2, 0.25) is 0 Å². The van der Waals surface area contributed by atoms with Crippen molar-refractivity contribution in [1.82, 2.24) is 0 Å². The molecule has 2 aliphatic rings. The van der Waals surface area contributed by atoms with Crippen LogP contribution in [-0.4, -0.2) is 52.7 Å². The molecule has 0 spiro atoms. The number of carbonyl (C=O) groups is 4. The first kappa shape index (κ1) is 21.6. The van der Waals surface area contributed by atoms with Gasteiger partial charge in [-0.15, -0.1) is 0 Å². The smallest absolute Gasteiger partial charge is 0.237 e. The summed E-state index contributed by atoms with van der Waals surface area (Å²) in [5.41, 5.74) is -0.903. The van der Waals surface area contributed by atoms with Crippen molar-refractivity contribution in [3.05, 3.63) is 50.1 Å². The lowest BCUT2D eigenvalue weighted by Crippen LogP contribution is -2.22. The quantitative estimate of drug-likeness (QED) is 0.389. The number of ketones is 4. The molecule has 0 amide bonds. The second-order valence-electron chi connectivity index (χ2n) is 6.85. The van der Waals surface area contributed by atoms with Crippen molar-refractivity contribution >= 4 is 57.2 Å². The Labute approximate surface area is 193 Å². The highest BCUT2D eigenvalue weighted by Crippen LogP contribution is 2.51. The summed E-state index contributed by atoms with van der Waals surface area (Å²) in [4.78, 5) is 49.2. The van der Waals surface area contributed by atoms with Crippen molar-refractivity contribution in [2.75, 3.05) is 14.2 Å². The number of Topliss-reactive ketones (excluding diaryl/α,β-unsaturated/α-hetero) is 2. The second-order valence-corrected chi connectivity index (χ2v) is 8.02. The van der Waals surface area contributed by atoms with Crippen LogP contribution >= 0.6 is 22.6 Å². The Bertz CT molecular complexity index is 1240. The number of carbonyl (C=O) groups excluding carboxylic acids is 4. The Morgan fingerprint density at radius 2 is 1.09 bits per heavy atom. The molecule has 0 bridgehead atoms. The van der Waals surface area contributed by atoms with Gasteiger partial charge in [0.05, 0.1) is 25.3 Å². The van der Waals surface area contributed by atoms with Gasteiger partial charge in [-0.3, -0.25) is 19.2 Å². The zero-order valence-electron chi connectivity index (χ0n) is 16.5. The summed E-state index contributed by atoms with van der Waals surface area (Å²) in [6.45, 7) is 0. The molecule has 162 valence electrons. The molecular formula is C22H13IO9. The van der Waals surface area contributed by atoms with Gasteiger partial charge in [-0.25, -0.2) is 0 Å². The van der Waals surface area contributed by atoms with Crippen LogP contribution in [0, 0.1) is 3.57 Å². The average molecular weight is 548 g/mol. The first-order chi connectivity index (χ1) is 15.1. The zero-order valence-corrected chi connectivity index (χ0v) is 18.6. The molecule has 2 aliphatic carbocycles. The molecule has 32 heavy (non-hydrogen) atoms. The lowest BCUT2D eigenvalue weighted by atomic mass is 9.81. The molecular weight excluding hydrogens is 535 g/mol. The highest BCUT2D eigenvalue weighted by atomic mass is 127. The third-order valence-electron chi connectivity index (χ3n) is 5.15. The second kappa shape index (κ2) is 7.48. The molecule has 0 saturated heterocycles. The topological polar surface area (TPSA) is 147 Å². The van der Waals surface area contributed by atoms with Gasteiger partial charge in [0.25, 0.3) is 0 Å². The highest BCUT2D eigenvalue weighted by molar-refractivity contribution is 14.1. The molecule has 9 nitrogen and oxygen atoms in total. The number of phenols is 1. The number of ether oxygens (including phenoxy) is 2. The summed E-state index contributed by atoms with van der Waals surface area (Å²) in [6.07, 6.45) is 1.45. The molecule has 0 atom stereocenters. The van der Waals surface area contributed by atoms with Crippen LogP contribution in [0.1, 0.15) is 31.8 Å². The van der Waals surface area contributed by atoms with Gasteiger partial charge < -0.3 is 24.8 Å². The minimum atomic E-state index is -1.07. The fourth-order valence-corrected chi connectivity index (χ4v) is 4.62. The molecule has 0 unspecified atom stereocenters. The van der Waals surface area contributed by atoms with Gasteiger partial charge in [0.15, 0.2) is 0 Å². The number of hydrogen-bond donors (Lipinski definition) is 3. The van der Waals surface area contributed by atoms with Gasteiger partial charge >= 0.3 is 0 Å². The molecule has 3 N–H and O–H groups in total. The van der Waals surface area contributed by atoms with E-state index in [9.17, 15) is 34.5 Å². The maximum absolute atomic E-state index is 12.6. The Morgan fingerprint density at radius 1 is 0.656 bits per heavy atom. The number of rotatable bonds is 3. The van der Waals surface area contributed by atoms with E-state index in [4.69, 9.17) is 9.47 Å². The predicted octanol–water partition coefficient (Wildman–Crippen LogP) is 3.01. The third kappa shape index (κ3) is 2.90. The van der Waals surface area contributed by atoms with Gasteiger partial charge in [-0.05, 0) is 28.7 Å². The summed E-state index contributed by atoms with van der Waals surface area (Å²) < 4.78 is 11.1. The molecule has 0 aromatic heterocycles. The van der Waals surface area contributed by atoms with Crippen LogP contribution in [0.5, 0.6) is 17.2 Å². The molecule has 0 radical (unpaired) electrons. The minimum absolute atomic E-state index is 0.0210. The number of fused-ring (bicyclic) bond motifs is 2. The Kier molecular flexibility index (Phi) is 5.04. The van der Waals surface area contributed by atoms with Crippen LogP contribution in [0.15, 0.2) is 24.3 Å². The monoisotopic (exact) mass is 548 g/mol. The van der Waals surface area contributed by atoms with E-state index in [0.717, 1.165) is 12.1 Å². The zero-order chi connectivity index (χ0) is 23.5. The molecule has 10 heteroatoms. The SMILES string of the molecule is COc1cc(O)c2c(c1-c1c(OC)cc(I)c3c1C(O)=CC(=O)C3=O)C(O)=CC(=O)C2=O. The normalized spacial score (nSPS) is 15.1. The van der Waals surface area contributed by atoms with Gasteiger partial charge in [-0.2, -0.15) is 0 Å². The summed E-state index contributed by atoms with van der Waals surface area (Å²) >= 11 is 1.82. The van der Waals surface area contributed by atoms with Crippen LogP contribution in [0.4, 0.5) is 0 Å². The van der Waals surface area contributed by atoms with Gasteiger partial charge in [-0.1, -0.05) is 0 Å². The maximum atomic E-state index is 12.6. The molecule has 0 saturated carbocycles. The van der Waals surface area contributed by atoms with Crippen molar-refractivity contribution in [1.29, 1.82) is 0 Å². The number of aromatic hydroxyl groups is 1. The van der Waals surface area contributed by atoms with Crippen LogP contribution in [0.3, 0.4) is 0 Å². The standard InChI is InChI=1S/C22H13IO9/c1-31-13-3-7(23)15-16(8(24)4-11(27)21(15)29)19(13)20-14(32-2)6-10(26)18-17(20)9(25)5-12(28)22(18)30/h3-6,24-26H,1-2H3. The van der Waals surface area contributed by atoms with E-state index in [1.54, 1.807) is 0 Å². The number of hydrogen-bond acceptors (Lipinski definition) is 9. The first-order valence-corrected chi connectivity index (χ1v) is 10.0. The van der Waals surface area contributed by atoms with Crippen LogP contribution in [0.25, 0.3) is 22.6 Å². The number of aliphatic hydroxyl groups is 2. The first-order valence-electron chi connectivity index (χ1n) is 8.96. The van der Waals surface area contributed by atoms with E-state index in [0.29, 0.717) is 9.65 Å². The molecule has 0 heterocycles. The molecule has 2 aromatic carbocycles. The summed E-state index contributed by atoms with van der Waals surface area (Å²) in [7, 11) is 2.58. The number of phenolic OH excluding ortho intramolecular Hbond substituents is 1. The van der Waals surface area contributed by atoms with E-state index in [1.807, 2.05) is 22.6 Å². The summed E-state index contributed by atoms with van der Waals surface area (Å²) in [6, 6.07) is 2.51. The van der Waals surface area contributed by atoms with Gasteiger partial charge in [0.1, 0.15) is 28.8 Å². The lowest BCUT2D eigenvalue weighted by molar-refractivity contribution is -0.111. The summed E-state index contributed by atoms with van der Waals surface area (Å²) in [5.74, 6) is -5.63. The van der Waals surface area contributed by atoms with E-state index >= 15 is 0 Å². The Balaban J connectivity index is 2.26. The molecule has 4 rings (SSSR count). The molecule has 0 fully saturated rings. The fourth-order valence-electron chi connectivity index (χ4n) is 3.82. The van der Waals surface area contributed by atoms with E-state index < -0.39 is 46.0 Å². The van der Waals surface area contributed by atoms with Crippen molar-refractivity contribution in [3.8, 4) is 28.4 Å². The van der Waals surface area contributed by atoms with Crippen molar-refractivity contribution in [2.24, 2.45) is 0 Å². The number of aliphatic hydroxyl groups excluding tert-OH is 2. The van der Waals surface area contributed by atoms with Gasteiger partial charge in [0, 0.05) is 44.0 Å². The maximum Gasteiger partial charge on any atom is 0.237 e. The fraction of sp³-hybridized carbons (Fsp3) is 0.0909. The third-order valence-corrected chi connectivity index (χ3v) is 6.00. The van der Waals surface area contributed by atoms with Crippen molar-refractivity contribution in [3.63, 3.8) is 0 Å². The van der Waals surface area contributed by atoms with Gasteiger partial charge in [0.2, 0.25) is 23.1 Å². The molecule has 2 aromatic rings. The van der Waals surface area contributed by atoms with Crippen molar-refractivity contribution in [2.45, 2.75) is 0 Å². The van der Waals surface area contributed by atoms with Crippen LogP contribution in [-0.2, 0) is 9.59 Å². The van der Waals surface area contributed by atoms with Crippen molar-refractivity contribution < 1.29 is 44.0 Å². The van der Waals surface area contributed by atoms with E-state index in [2.05, 4.69) is 0 Å². The predicted molar refractivity (Wildman–Crippen MR) is 119 cm³/mol. The highest BCUT2D eigenvalue weighted by Gasteiger charge is 2.38. The Morgan fingerprint density at radius 3 is 1.59 bits per heavy atom. The largest absolute Gasteiger partial charge is 0.507 e. The number of benzene rings is 2. The summed E-state index contributed by atoms with van der Waals surface area (Å²) in [5, 5.41) is 31.7. The average Bonchev–Trinajstić information content (AvgIpc) is 2.74. The Hall–Kier alpha value is -3.67. The van der Waals surface area contributed by atoms with E-state index in [-0.39, 0.29) is 39.3 Å². The number of halogens is 1. The number of allylic oxidation sites excluding steroid dienone is 2. The minimum Gasteiger partial charge on any atom is -0.507 e. The van der Waals surface area contributed by atoms with E-state index in [1.165, 1.54) is 20.3 Å². The molecule has 0 aliphatic heterocycles. The number of methoxy groups -OCH3 is 2. The lowest BCUT2D eigenvalue weighted by Gasteiger charge is -2.25. The van der Waals surface area contributed by atoms with Crippen LogP contribution < -0.4 is 9.47 Å².